The van der Waals surface area contributed by atoms with E-state index in [4.69, 9.17) is 4.74 Å². The van der Waals surface area contributed by atoms with E-state index in [-0.39, 0.29) is 11.9 Å². The summed E-state index contributed by atoms with van der Waals surface area (Å²) in [5.41, 5.74) is 4.62. The highest BCUT2D eigenvalue weighted by Gasteiger charge is 2.59. The predicted molar refractivity (Wildman–Crippen MR) is 164 cm³/mol. The van der Waals surface area contributed by atoms with E-state index in [0.29, 0.717) is 36.3 Å². The number of hydrogen-bond acceptors (Lipinski definition) is 4. The van der Waals surface area contributed by atoms with Gasteiger partial charge < -0.3 is 4.74 Å². The van der Waals surface area contributed by atoms with Crippen molar-refractivity contribution in [3.05, 3.63) is 149 Å². The molecule has 0 spiro atoms. The largest absolute Gasteiger partial charge is 0.446 e. The number of sulfonamides is 1. The van der Waals surface area contributed by atoms with Crippen molar-refractivity contribution < 1.29 is 17.9 Å². The molecule has 1 aliphatic carbocycles. The Kier molecular flexibility index (Phi) is 7.60. The monoisotopic (exact) mass is 577 g/mol. The van der Waals surface area contributed by atoms with Crippen LogP contribution in [0.5, 0.6) is 0 Å². The van der Waals surface area contributed by atoms with Gasteiger partial charge in [-0.3, -0.25) is 0 Å². The lowest BCUT2D eigenvalue weighted by Gasteiger charge is -2.56. The number of carbonyl (C=O) groups excluding carboxylic acids is 1. The van der Waals surface area contributed by atoms with Crippen LogP contribution in [0.4, 0.5) is 0 Å². The molecule has 0 saturated heterocycles. The molecule has 0 amide bonds. The normalized spacial score (nSPS) is 22.2. The number of nitrogens with zero attached hydrogens (tertiary/aromatic N) is 1. The van der Waals surface area contributed by atoms with Gasteiger partial charge in [-0.25, -0.2) is 13.2 Å². The zero-order valence-electron chi connectivity index (χ0n) is 23.9. The van der Waals surface area contributed by atoms with Crippen molar-refractivity contribution in [2.24, 2.45) is 5.92 Å². The predicted octanol–water partition coefficient (Wildman–Crippen LogP) is 7.09. The van der Waals surface area contributed by atoms with Crippen molar-refractivity contribution in [1.29, 1.82) is 0 Å². The van der Waals surface area contributed by atoms with Crippen LogP contribution < -0.4 is 0 Å². The minimum Gasteiger partial charge on any atom is -0.446 e. The van der Waals surface area contributed by atoms with Gasteiger partial charge in [0.1, 0.15) is 0 Å². The van der Waals surface area contributed by atoms with Crippen LogP contribution in [0, 0.1) is 12.8 Å². The van der Waals surface area contributed by atoms with E-state index >= 15 is 0 Å². The Morgan fingerprint density at radius 2 is 1.45 bits per heavy atom. The first-order valence-electron chi connectivity index (χ1n) is 14.5. The number of ether oxygens (including phenoxy) is 1. The van der Waals surface area contributed by atoms with Crippen LogP contribution in [-0.2, 0) is 26.8 Å². The molecule has 4 aromatic rings. The average molecular weight is 578 g/mol. The second kappa shape index (κ2) is 11.3. The Morgan fingerprint density at radius 1 is 0.857 bits per heavy atom. The van der Waals surface area contributed by atoms with Crippen LogP contribution in [0.25, 0.3) is 0 Å². The third-order valence-electron chi connectivity index (χ3n) is 8.67. The molecule has 1 aliphatic heterocycles. The molecule has 1 saturated carbocycles. The highest BCUT2D eigenvalue weighted by atomic mass is 32.2. The van der Waals surface area contributed by atoms with Gasteiger partial charge in [0.05, 0.1) is 16.5 Å². The van der Waals surface area contributed by atoms with Gasteiger partial charge in [0, 0.05) is 18.9 Å². The first-order chi connectivity index (χ1) is 20.3. The Bertz CT molecular complexity index is 1700. The molecule has 6 rings (SSSR count). The minimum absolute atomic E-state index is 0.0593. The number of rotatable bonds is 8. The van der Waals surface area contributed by atoms with Gasteiger partial charge in [0.2, 0.25) is 10.0 Å². The molecular formula is C36H35NO4S. The van der Waals surface area contributed by atoms with Gasteiger partial charge in [-0.2, -0.15) is 4.31 Å². The molecule has 4 aromatic carbocycles. The van der Waals surface area contributed by atoms with Crippen LogP contribution in [0.3, 0.4) is 0 Å². The summed E-state index contributed by atoms with van der Waals surface area (Å²) in [5, 5.41) is 0. The fourth-order valence-electron chi connectivity index (χ4n) is 6.66. The summed E-state index contributed by atoms with van der Waals surface area (Å²) in [6, 6.07) is 35.7. The fourth-order valence-corrected chi connectivity index (χ4v) is 8.32. The number of benzene rings is 4. The molecule has 2 aliphatic rings. The van der Waals surface area contributed by atoms with Gasteiger partial charge in [0.15, 0.2) is 5.60 Å². The molecule has 5 nitrogen and oxygen atoms in total. The van der Waals surface area contributed by atoms with E-state index in [1.807, 2.05) is 97.9 Å². The maximum Gasteiger partial charge on any atom is 0.339 e. The SMILES string of the molecule is CCC1=C2[C@H](CN(S(=O)(=O)c3ccc(C)cc3)[C@H]1Cc1ccccc1)C[C@@]2(OC(=O)c1ccccc1)c1ccccc1. The Labute approximate surface area is 248 Å². The first-order valence-corrected chi connectivity index (χ1v) is 16.0. The first kappa shape index (κ1) is 28.1. The topological polar surface area (TPSA) is 63.7 Å². The van der Waals surface area contributed by atoms with E-state index in [1.165, 1.54) is 0 Å². The Morgan fingerprint density at radius 3 is 2.07 bits per heavy atom. The lowest BCUT2D eigenvalue weighted by atomic mass is 9.58. The molecule has 1 heterocycles. The summed E-state index contributed by atoms with van der Waals surface area (Å²) >= 11 is 0. The van der Waals surface area contributed by atoms with E-state index in [2.05, 4.69) is 6.92 Å². The van der Waals surface area contributed by atoms with Gasteiger partial charge in [0.25, 0.3) is 0 Å². The molecule has 3 atom stereocenters. The molecule has 0 bridgehead atoms. The van der Waals surface area contributed by atoms with Crippen LogP contribution in [0.2, 0.25) is 0 Å². The zero-order chi connectivity index (χ0) is 29.3. The molecule has 1 fully saturated rings. The van der Waals surface area contributed by atoms with Gasteiger partial charge >= 0.3 is 5.97 Å². The maximum atomic E-state index is 14.2. The van der Waals surface area contributed by atoms with Crippen LogP contribution in [0.15, 0.2) is 131 Å². The molecule has 0 unspecified atom stereocenters. The second-order valence-electron chi connectivity index (χ2n) is 11.2. The lowest BCUT2D eigenvalue weighted by Crippen LogP contribution is -2.59. The number of carbonyl (C=O) groups is 1. The van der Waals surface area contributed by atoms with Crippen LogP contribution >= 0.6 is 0 Å². The standard InChI is InChI=1S/C36H35NO4S/c1-3-32-33(23-27-13-7-4-8-14-27)37(42(39,40)31-21-19-26(2)20-22-31)25-29-24-36(34(29)32,30-17-11-6-12-18-30)41-35(38)28-15-9-5-10-16-28/h4-22,29,33H,3,23-25H2,1-2H3/t29-,33-,36+/m0/s1. The molecule has 6 heteroatoms. The highest BCUT2D eigenvalue weighted by Crippen LogP contribution is 2.58. The van der Waals surface area contributed by atoms with Crippen molar-refractivity contribution in [1.82, 2.24) is 4.31 Å². The second-order valence-corrected chi connectivity index (χ2v) is 13.1. The van der Waals surface area contributed by atoms with E-state index in [9.17, 15) is 13.2 Å². The highest BCUT2D eigenvalue weighted by molar-refractivity contribution is 7.89. The number of aryl methyl sites for hydroxylation is 1. The average Bonchev–Trinajstić information content (AvgIpc) is 3.01. The molecule has 0 N–H and O–H groups in total. The summed E-state index contributed by atoms with van der Waals surface area (Å²) in [4.78, 5) is 13.9. The van der Waals surface area contributed by atoms with Crippen LogP contribution in [-0.4, -0.2) is 31.3 Å². The molecular weight excluding hydrogens is 542 g/mol. The molecule has 0 aromatic heterocycles. The lowest BCUT2D eigenvalue weighted by molar-refractivity contribution is -0.0563. The summed E-state index contributed by atoms with van der Waals surface area (Å²) in [6.07, 6.45) is 1.69. The third kappa shape index (κ3) is 4.99. The summed E-state index contributed by atoms with van der Waals surface area (Å²) in [7, 11) is -3.79. The number of fused-ring (bicyclic) bond motifs is 1. The third-order valence-corrected chi connectivity index (χ3v) is 10.6. The molecule has 214 valence electrons. The van der Waals surface area contributed by atoms with E-state index < -0.39 is 21.7 Å². The molecule has 0 radical (unpaired) electrons. The van der Waals surface area contributed by atoms with Crippen molar-refractivity contribution in [2.75, 3.05) is 6.54 Å². The fraction of sp³-hybridized carbons (Fsp3) is 0.250. The van der Waals surface area contributed by atoms with Crippen molar-refractivity contribution in [3.63, 3.8) is 0 Å². The summed E-state index contributed by atoms with van der Waals surface area (Å²) in [5.74, 6) is -0.439. The summed E-state index contributed by atoms with van der Waals surface area (Å²) in [6.45, 7) is 4.37. The Hall–Kier alpha value is -4.00. The summed E-state index contributed by atoms with van der Waals surface area (Å²) < 4.78 is 36.7. The maximum absolute atomic E-state index is 14.2. The smallest absolute Gasteiger partial charge is 0.339 e. The quantitative estimate of drug-likeness (QED) is 0.166. The van der Waals surface area contributed by atoms with Crippen molar-refractivity contribution in [3.8, 4) is 0 Å². The van der Waals surface area contributed by atoms with Gasteiger partial charge in [-0.1, -0.05) is 103 Å². The minimum atomic E-state index is -3.79. The zero-order valence-corrected chi connectivity index (χ0v) is 24.8. The molecule has 42 heavy (non-hydrogen) atoms. The van der Waals surface area contributed by atoms with Gasteiger partial charge in [-0.05, 0) is 66.3 Å². The van der Waals surface area contributed by atoms with E-state index in [0.717, 1.165) is 27.8 Å². The van der Waals surface area contributed by atoms with Crippen molar-refractivity contribution in [2.45, 2.75) is 49.6 Å². The van der Waals surface area contributed by atoms with E-state index in [1.54, 1.807) is 28.6 Å². The number of hydrogen-bond donors (Lipinski definition) is 0. The van der Waals surface area contributed by atoms with Crippen molar-refractivity contribution >= 4 is 16.0 Å². The Balaban J connectivity index is 1.50. The number of esters is 1. The van der Waals surface area contributed by atoms with Crippen LogP contribution in [0.1, 0.15) is 46.8 Å². The van der Waals surface area contributed by atoms with Gasteiger partial charge in [-0.15, -0.1) is 0 Å².